The first-order valence-electron chi connectivity index (χ1n) is 4.87. The Bertz CT molecular complexity index is 241. The number of hydrogen-bond donors (Lipinski definition) is 2. The topological polar surface area (TPSA) is 55.5 Å². The standard InChI is InChI=1S/C9H13NO2.C2H6/c1-7-3-2-4-8(11)9(7)12-6-5-10;1-2/h2-4,11H,5-6,10H2,1H3;1-2H3. The molecular formula is C11H19NO2. The average Bonchev–Trinajstić information content (AvgIpc) is 2.20. The predicted octanol–water partition coefficient (Wildman–Crippen LogP) is 2.06. The summed E-state index contributed by atoms with van der Waals surface area (Å²) in [5, 5.41) is 9.35. The molecule has 0 fully saturated rings. The van der Waals surface area contributed by atoms with Crippen LogP contribution in [0.4, 0.5) is 0 Å². The van der Waals surface area contributed by atoms with Crippen molar-refractivity contribution in [1.82, 2.24) is 0 Å². The van der Waals surface area contributed by atoms with Crippen molar-refractivity contribution in [3.05, 3.63) is 23.8 Å². The first-order valence-corrected chi connectivity index (χ1v) is 4.87. The zero-order chi connectivity index (χ0) is 11.0. The van der Waals surface area contributed by atoms with Crippen LogP contribution in [0.25, 0.3) is 0 Å². The van der Waals surface area contributed by atoms with Gasteiger partial charge in [0.05, 0.1) is 0 Å². The average molecular weight is 197 g/mol. The third-order valence-corrected chi connectivity index (χ3v) is 1.56. The van der Waals surface area contributed by atoms with Crippen LogP contribution in [-0.2, 0) is 0 Å². The van der Waals surface area contributed by atoms with Crippen molar-refractivity contribution < 1.29 is 9.84 Å². The fourth-order valence-corrected chi connectivity index (χ4v) is 0.986. The van der Waals surface area contributed by atoms with Crippen molar-refractivity contribution in [2.45, 2.75) is 20.8 Å². The summed E-state index contributed by atoms with van der Waals surface area (Å²) >= 11 is 0. The Balaban J connectivity index is 0.000000791. The van der Waals surface area contributed by atoms with E-state index in [9.17, 15) is 5.11 Å². The van der Waals surface area contributed by atoms with Gasteiger partial charge in [-0.15, -0.1) is 0 Å². The fraction of sp³-hybridized carbons (Fsp3) is 0.455. The van der Waals surface area contributed by atoms with E-state index >= 15 is 0 Å². The minimum absolute atomic E-state index is 0.170. The highest BCUT2D eigenvalue weighted by Gasteiger charge is 2.03. The third kappa shape index (κ3) is 3.66. The Hall–Kier alpha value is -1.22. The fourth-order valence-electron chi connectivity index (χ4n) is 0.986. The largest absolute Gasteiger partial charge is 0.504 e. The van der Waals surface area contributed by atoms with Gasteiger partial charge in [0, 0.05) is 6.54 Å². The lowest BCUT2D eigenvalue weighted by molar-refractivity contribution is 0.306. The quantitative estimate of drug-likeness (QED) is 0.779. The van der Waals surface area contributed by atoms with Crippen LogP contribution in [0.2, 0.25) is 0 Å². The number of ether oxygens (including phenoxy) is 1. The molecule has 3 nitrogen and oxygen atoms in total. The van der Waals surface area contributed by atoms with E-state index in [2.05, 4.69) is 0 Å². The molecular weight excluding hydrogens is 178 g/mol. The SMILES string of the molecule is CC.Cc1cccc(O)c1OCCN. The van der Waals surface area contributed by atoms with Crippen molar-refractivity contribution in [1.29, 1.82) is 0 Å². The van der Waals surface area contributed by atoms with Crippen molar-refractivity contribution in [2.75, 3.05) is 13.2 Å². The molecule has 0 spiro atoms. The van der Waals surface area contributed by atoms with Gasteiger partial charge in [-0.2, -0.15) is 0 Å². The van der Waals surface area contributed by atoms with E-state index < -0.39 is 0 Å². The smallest absolute Gasteiger partial charge is 0.163 e. The number of phenolic OH excluding ortho intramolecular Hbond substituents is 1. The van der Waals surface area contributed by atoms with Gasteiger partial charge in [-0.25, -0.2) is 0 Å². The molecule has 1 rings (SSSR count). The lowest BCUT2D eigenvalue weighted by atomic mass is 10.2. The summed E-state index contributed by atoms with van der Waals surface area (Å²) in [6, 6.07) is 5.25. The van der Waals surface area contributed by atoms with E-state index in [0.717, 1.165) is 5.56 Å². The molecule has 0 heterocycles. The van der Waals surface area contributed by atoms with Crippen LogP contribution in [0.3, 0.4) is 0 Å². The minimum atomic E-state index is 0.170. The van der Waals surface area contributed by atoms with Gasteiger partial charge in [0.25, 0.3) is 0 Å². The predicted molar refractivity (Wildman–Crippen MR) is 58.7 cm³/mol. The van der Waals surface area contributed by atoms with Crippen LogP contribution in [0.1, 0.15) is 19.4 Å². The van der Waals surface area contributed by atoms with Gasteiger partial charge < -0.3 is 15.6 Å². The maximum atomic E-state index is 9.35. The van der Waals surface area contributed by atoms with Crippen LogP contribution in [-0.4, -0.2) is 18.3 Å². The number of aryl methyl sites for hydroxylation is 1. The molecule has 1 aromatic carbocycles. The Kier molecular flexibility index (Phi) is 6.58. The maximum absolute atomic E-state index is 9.35. The molecule has 0 saturated heterocycles. The second-order valence-electron chi connectivity index (χ2n) is 2.56. The molecule has 0 aliphatic rings. The molecule has 3 N–H and O–H groups in total. The molecule has 0 radical (unpaired) electrons. The number of benzene rings is 1. The van der Waals surface area contributed by atoms with Gasteiger partial charge in [0.1, 0.15) is 6.61 Å². The summed E-state index contributed by atoms with van der Waals surface area (Å²) in [5.74, 6) is 0.700. The number of hydrogen-bond acceptors (Lipinski definition) is 3. The first-order chi connectivity index (χ1) is 6.75. The molecule has 0 aromatic heterocycles. The summed E-state index contributed by atoms with van der Waals surface area (Å²) in [5.41, 5.74) is 6.19. The third-order valence-electron chi connectivity index (χ3n) is 1.56. The van der Waals surface area contributed by atoms with E-state index in [1.165, 1.54) is 0 Å². The summed E-state index contributed by atoms with van der Waals surface area (Å²) in [4.78, 5) is 0. The lowest BCUT2D eigenvalue weighted by Crippen LogP contribution is -2.11. The van der Waals surface area contributed by atoms with Gasteiger partial charge in [0.15, 0.2) is 11.5 Å². The highest BCUT2D eigenvalue weighted by atomic mass is 16.5. The van der Waals surface area contributed by atoms with E-state index in [-0.39, 0.29) is 5.75 Å². The monoisotopic (exact) mass is 197 g/mol. The molecule has 1 aromatic rings. The number of aromatic hydroxyl groups is 1. The second kappa shape index (κ2) is 7.21. The van der Waals surface area contributed by atoms with Crippen LogP contribution in [0.5, 0.6) is 11.5 Å². The minimum Gasteiger partial charge on any atom is -0.504 e. The van der Waals surface area contributed by atoms with Gasteiger partial charge in [-0.05, 0) is 18.6 Å². The van der Waals surface area contributed by atoms with E-state index in [0.29, 0.717) is 18.9 Å². The Morgan fingerprint density at radius 1 is 1.36 bits per heavy atom. The highest BCUT2D eigenvalue weighted by molar-refractivity contribution is 5.44. The summed E-state index contributed by atoms with van der Waals surface area (Å²) in [6.45, 7) is 6.76. The van der Waals surface area contributed by atoms with Gasteiger partial charge >= 0.3 is 0 Å². The zero-order valence-corrected chi connectivity index (χ0v) is 9.08. The number of rotatable bonds is 3. The van der Waals surface area contributed by atoms with Gasteiger partial charge in [-0.3, -0.25) is 0 Å². The molecule has 0 aliphatic carbocycles. The van der Waals surface area contributed by atoms with Gasteiger partial charge in [0.2, 0.25) is 0 Å². The summed E-state index contributed by atoms with van der Waals surface area (Å²) < 4.78 is 5.24. The molecule has 3 heteroatoms. The van der Waals surface area contributed by atoms with E-state index in [1.807, 2.05) is 26.8 Å². The molecule has 80 valence electrons. The van der Waals surface area contributed by atoms with Gasteiger partial charge in [-0.1, -0.05) is 26.0 Å². The van der Waals surface area contributed by atoms with Crippen LogP contribution < -0.4 is 10.5 Å². The van der Waals surface area contributed by atoms with Crippen molar-refractivity contribution >= 4 is 0 Å². The second-order valence-corrected chi connectivity index (χ2v) is 2.56. The van der Waals surface area contributed by atoms with Crippen LogP contribution in [0.15, 0.2) is 18.2 Å². The first kappa shape index (κ1) is 12.8. The molecule has 0 aliphatic heterocycles. The molecule has 0 amide bonds. The normalized spacial score (nSPS) is 8.86. The molecule has 0 unspecified atom stereocenters. The summed E-state index contributed by atoms with van der Waals surface area (Å²) in [7, 11) is 0. The van der Waals surface area contributed by atoms with Crippen molar-refractivity contribution in [2.24, 2.45) is 5.73 Å². The maximum Gasteiger partial charge on any atom is 0.163 e. The zero-order valence-electron chi connectivity index (χ0n) is 9.08. The molecule has 0 atom stereocenters. The Labute approximate surface area is 85.5 Å². The van der Waals surface area contributed by atoms with Crippen LogP contribution >= 0.6 is 0 Å². The highest BCUT2D eigenvalue weighted by Crippen LogP contribution is 2.28. The molecule has 0 bridgehead atoms. The lowest BCUT2D eigenvalue weighted by Gasteiger charge is -2.08. The van der Waals surface area contributed by atoms with E-state index in [1.54, 1.807) is 12.1 Å². The molecule has 14 heavy (non-hydrogen) atoms. The number of phenols is 1. The number of nitrogens with two attached hydrogens (primary N) is 1. The molecule has 0 saturated carbocycles. The summed E-state index contributed by atoms with van der Waals surface area (Å²) in [6.07, 6.45) is 0. The Morgan fingerprint density at radius 2 is 2.00 bits per heavy atom. The van der Waals surface area contributed by atoms with Crippen molar-refractivity contribution in [3.8, 4) is 11.5 Å². The van der Waals surface area contributed by atoms with E-state index in [4.69, 9.17) is 10.5 Å². The number of para-hydroxylation sites is 1. The van der Waals surface area contributed by atoms with Crippen molar-refractivity contribution in [3.63, 3.8) is 0 Å². The van der Waals surface area contributed by atoms with Crippen LogP contribution in [0, 0.1) is 6.92 Å². The Morgan fingerprint density at radius 3 is 2.50 bits per heavy atom.